The van der Waals surface area contributed by atoms with Crippen LogP contribution in [0.15, 0.2) is 72.9 Å². The molecule has 170 valence electrons. The van der Waals surface area contributed by atoms with E-state index in [0.717, 1.165) is 52.3 Å². The number of benzene rings is 3. The molecule has 6 bridgehead atoms. The van der Waals surface area contributed by atoms with Crippen molar-refractivity contribution in [3.05, 3.63) is 94.6 Å². The fraction of sp³-hybridized carbons (Fsp3) is 0.115. The highest BCUT2D eigenvalue weighted by Crippen LogP contribution is 2.29. The van der Waals surface area contributed by atoms with Crippen molar-refractivity contribution >= 4 is 52.1 Å². The third-order valence-corrected chi connectivity index (χ3v) is 5.78. The molecule has 0 spiro atoms. The van der Waals surface area contributed by atoms with E-state index < -0.39 is 0 Å². The van der Waals surface area contributed by atoms with Crippen LogP contribution in [-0.4, -0.2) is 16.0 Å². The highest BCUT2D eigenvalue weighted by molar-refractivity contribution is 6.32. The number of nitrogens with one attached hydrogen (secondary N) is 4. The number of halogens is 1. The number of aryl methyl sites for hydroxylation is 3. The zero-order valence-corrected chi connectivity index (χ0v) is 19.3. The number of carbonyl (C=O) groups excluding carboxylic acids is 1. The number of hydrogen-bond acceptors (Lipinski definition) is 5. The molecule has 8 heteroatoms. The van der Waals surface area contributed by atoms with E-state index in [4.69, 9.17) is 11.6 Å². The van der Waals surface area contributed by atoms with Crippen molar-refractivity contribution < 1.29 is 4.79 Å². The van der Waals surface area contributed by atoms with Crippen LogP contribution in [0.3, 0.4) is 0 Å². The van der Waals surface area contributed by atoms with E-state index in [2.05, 4.69) is 43.4 Å². The predicted octanol–water partition coefficient (Wildman–Crippen LogP) is 6.67. The number of aromatic nitrogens is 2. The highest BCUT2D eigenvalue weighted by atomic mass is 35.5. The van der Waals surface area contributed by atoms with Gasteiger partial charge in [-0.25, -0.2) is 9.78 Å². The molecule has 4 aromatic rings. The van der Waals surface area contributed by atoms with E-state index in [1.807, 2.05) is 61.5 Å². The van der Waals surface area contributed by atoms with Crippen LogP contribution < -0.4 is 21.3 Å². The summed E-state index contributed by atoms with van der Waals surface area (Å²) in [5, 5.41) is 12.8. The Morgan fingerprint density at radius 2 is 1.79 bits per heavy atom. The number of fused-ring (bicyclic) bond motifs is 6. The average molecular weight is 471 g/mol. The van der Waals surface area contributed by atoms with Gasteiger partial charge in [0.1, 0.15) is 5.02 Å². The lowest BCUT2D eigenvalue weighted by atomic mass is 10.0. The molecule has 34 heavy (non-hydrogen) atoms. The second-order valence-corrected chi connectivity index (χ2v) is 8.57. The molecule has 2 amide bonds. The van der Waals surface area contributed by atoms with Gasteiger partial charge in [0, 0.05) is 22.7 Å². The van der Waals surface area contributed by atoms with E-state index in [9.17, 15) is 4.79 Å². The Kier molecular flexibility index (Phi) is 6.01. The number of urea groups is 1. The number of amides is 2. The van der Waals surface area contributed by atoms with Crippen molar-refractivity contribution in [3.63, 3.8) is 0 Å². The zero-order chi connectivity index (χ0) is 23.5. The second-order valence-electron chi connectivity index (χ2n) is 8.16. The van der Waals surface area contributed by atoms with Crippen molar-refractivity contribution in [3.8, 4) is 0 Å². The Hall–Kier alpha value is -4.10. The normalized spacial score (nSPS) is 12.2. The lowest BCUT2D eigenvalue weighted by Crippen LogP contribution is -2.20. The molecule has 3 aromatic carbocycles. The fourth-order valence-corrected chi connectivity index (χ4v) is 4.01. The first-order valence-electron chi connectivity index (χ1n) is 10.9. The molecule has 0 radical (unpaired) electrons. The van der Waals surface area contributed by atoms with Crippen LogP contribution in [0, 0.1) is 6.92 Å². The van der Waals surface area contributed by atoms with E-state index in [1.165, 1.54) is 0 Å². The largest absolute Gasteiger partial charge is 0.339 e. The fourth-order valence-electron chi connectivity index (χ4n) is 3.87. The molecule has 0 unspecified atom stereocenters. The zero-order valence-electron chi connectivity index (χ0n) is 18.5. The Balaban J connectivity index is 1.46. The summed E-state index contributed by atoms with van der Waals surface area (Å²) in [5.74, 6) is 0.952. The molecule has 4 N–H and O–H groups in total. The van der Waals surface area contributed by atoms with Gasteiger partial charge in [0.05, 0.1) is 6.20 Å². The third kappa shape index (κ3) is 5.10. The van der Waals surface area contributed by atoms with Crippen molar-refractivity contribution in [2.75, 3.05) is 21.3 Å². The Labute approximate surface area is 202 Å². The molecule has 1 aliphatic heterocycles. The lowest BCUT2D eigenvalue weighted by molar-refractivity contribution is 0.262. The second kappa shape index (κ2) is 9.41. The molecule has 0 aliphatic carbocycles. The maximum absolute atomic E-state index is 12.7. The van der Waals surface area contributed by atoms with Gasteiger partial charge >= 0.3 is 6.03 Å². The van der Waals surface area contributed by atoms with Gasteiger partial charge in [-0.1, -0.05) is 35.9 Å². The quantitative estimate of drug-likeness (QED) is 0.262. The molecule has 2 heterocycles. The standard InChI is InChI=1S/C26H23ClN6O/c1-16-4-2-6-19(12-16)31-26(34)32-23-11-10-21-14-18(23)9-8-17-5-3-7-20(13-17)30-25-28-15-22(27)24(29-21)33-25/h2-7,10-15H,8-9H2,1H3,(H2,31,32,34)(H2,28,29,30,33). The van der Waals surface area contributed by atoms with Crippen LogP contribution in [0.25, 0.3) is 0 Å². The molecule has 0 saturated heterocycles. The van der Waals surface area contributed by atoms with E-state index in [-0.39, 0.29) is 6.03 Å². The number of hydrogen-bond donors (Lipinski definition) is 4. The van der Waals surface area contributed by atoms with Gasteiger partial charge in [0.2, 0.25) is 5.95 Å². The minimum Gasteiger partial charge on any atom is -0.339 e. The maximum Gasteiger partial charge on any atom is 0.323 e. The molecule has 1 aliphatic rings. The summed E-state index contributed by atoms with van der Waals surface area (Å²) < 4.78 is 0. The molecule has 0 atom stereocenters. The maximum atomic E-state index is 12.7. The van der Waals surface area contributed by atoms with Gasteiger partial charge in [-0.15, -0.1) is 0 Å². The molecule has 0 saturated carbocycles. The first-order valence-corrected chi connectivity index (χ1v) is 11.3. The van der Waals surface area contributed by atoms with Crippen molar-refractivity contribution in [1.82, 2.24) is 9.97 Å². The smallest absolute Gasteiger partial charge is 0.323 e. The van der Waals surface area contributed by atoms with Crippen LogP contribution in [0.1, 0.15) is 16.7 Å². The van der Waals surface area contributed by atoms with Crippen LogP contribution in [0.5, 0.6) is 0 Å². The summed E-state index contributed by atoms with van der Waals surface area (Å²) >= 11 is 6.34. The summed E-state index contributed by atoms with van der Waals surface area (Å²) in [6, 6.07) is 21.3. The van der Waals surface area contributed by atoms with Crippen molar-refractivity contribution in [1.29, 1.82) is 0 Å². The van der Waals surface area contributed by atoms with Gasteiger partial charge in [-0.2, -0.15) is 4.98 Å². The van der Waals surface area contributed by atoms with E-state index >= 15 is 0 Å². The average Bonchev–Trinajstić information content (AvgIpc) is 2.81. The van der Waals surface area contributed by atoms with E-state index in [1.54, 1.807) is 6.20 Å². The number of carbonyl (C=O) groups is 1. The third-order valence-electron chi connectivity index (χ3n) is 5.50. The van der Waals surface area contributed by atoms with Crippen molar-refractivity contribution in [2.45, 2.75) is 19.8 Å². The summed E-state index contributed by atoms with van der Waals surface area (Å²) in [5.41, 5.74) is 6.43. The van der Waals surface area contributed by atoms with Gasteiger partial charge in [-0.3, -0.25) is 0 Å². The van der Waals surface area contributed by atoms with Gasteiger partial charge in [0.15, 0.2) is 5.82 Å². The number of rotatable bonds is 2. The molecule has 5 rings (SSSR count). The molecular weight excluding hydrogens is 448 g/mol. The molecule has 1 aromatic heterocycles. The monoisotopic (exact) mass is 470 g/mol. The SMILES string of the molecule is Cc1cccc(NC(=O)Nc2ccc3cc2CCc2cccc(c2)Nc2ncc(Cl)c(n2)N3)c1. The summed E-state index contributed by atoms with van der Waals surface area (Å²) in [6.45, 7) is 1.99. The summed E-state index contributed by atoms with van der Waals surface area (Å²) in [4.78, 5) is 21.5. The Morgan fingerprint density at radius 1 is 0.941 bits per heavy atom. The molecular formula is C26H23ClN6O. The van der Waals surface area contributed by atoms with E-state index in [0.29, 0.717) is 16.8 Å². The van der Waals surface area contributed by atoms with Gasteiger partial charge in [-0.05, 0) is 78.9 Å². The first-order chi connectivity index (χ1) is 16.5. The summed E-state index contributed by atoms with van der Waals surface area (Å²) in [7, 11) is 0. The lowest BCUT2D eigenvalue weighted by Gasteiger charge is -2.15. The number of anilines is 6. The number of nitrogens with zero attached hydrogens (tertiary/aromatic N) is 2. The molecule has 0 fully saturated rings. The topological polar surface area (TPSA) is 91.0 Å². The first kappa shape index (κ1) is 21.7. The van der Waals surface area contributed by atoms with Crippen LogP contribution in [0.4, 0.5) is 39.3 Å². The van der Waals surface area contributed by atoms with Crippen LogP contribution >= 0.6 is 11.6 Å². The Morgan fingerprint density at radius 3 is 2.68 bits per heavy atom. The minimum atomic E-state index is -0.292. The van der Waals surface area contributed by atoms with Crippen LogP contribution in [0.2, 0.25) is 5.02 Å². The van der Waals surface area contributed by atoms with Crippen molar-refractivity contribution in [2.24, 2.45) is 0 Å². The highest BCUT2D eigenvalue weighted by Gasteiger charge is 2.13. The molecule has 7 nitrogen and oxygen atoms in total. The predicted molar refractivity (Wildman–Crippen MR) is 138 cm³/mol. The van der Waals surface area contributed by atoms with Gasteiger partial charge < -0.3 is 21.3 Å². The van der Waals surface area contributed by atoms with Crippen LogP contribution in [-0.2, 0) is 12.8 Å². The Bertz CT molecular complexity index is 1370. The summed E-state index contributed by atoms with van der Waals surface area (Å²) in [6.07, 6.45) is 3.09. The minimum absolute atomic E-state index is 0.292. The van der Waals surface area contributed by atoms with Gasteiger partial charge in [0.25, 0.3) is 0 Å².